The summed E-state index contributed by atoms with van der Waals surface area (Å²) in [6.07, 6.45) is -4.49. The molecule has 0 bridgehead atoms. The standard InChI is InChI=1S/C22H24F3N7O2.H2S/c1-12-18-19(31(3)13(2)20(33)28-18)29-21(27-12)26-10-14-5-7-16(8-6-14)34-11-15-9-17(22(23,24)25)30-32(15)4;/h5-9,13H,10-11H2,1-4H3,(H,28,33)(H,26,27,29);1H2/t13-;/m0./s1. The Morgan fingerprint density at radius 1 is 1.17 bits per heavy atom. The molecule has 2 aromatic heterocycles. The molecular weight excluding hydrogens is 483 g/mol. The number of halogens is 3. The van der Waals surface area contributed by atoms with E-state index in [1.165, 1.54) is 7.05 Å². The molecule has 0 unspecified atom stereocenters. The van der Waals surface area contributed by atoms with Crippen molar-refractivity contribution in [1.29, 1.82) is 0 Å². The second-order valence-electron chi connectivity index (χ2n) is 8.04. The van der Waals surface area contributed by atoms with E-state index in [2.05, 4.69) is 25.7 Å². The van der Waals surface area contributed by atoms with Crippen LogP contribution in [0.4, 0.5) is 30.6 Å². The molecule has 0 saturated carbocycles. The molecule has 3 heterocycles. The number of rotatable bonds is 6. The molecule has 1 aromatic carbocycles. The third kappa shape index (κ3) is 5.61. The molecule has 188 valence electrons. The second kappa shape index (κ2) is 10.0. The summed E-state index contributed by atoms with van der Waals surface area (Å²) in [6.45, 7) is 4.01. The number of hydrogen-bond acceptors (Lipinski definition) is 7. The number of hydrogen-bond donors (Lipinski definition) is 2. The van der Waals surface area contributed by atoms with Gasteiger partial charge in [-0.2, -0.15) is 36.7 Å². The summed E-state index contributed by atoms with van der Waals surface area (Å²) in [5.41, 5.74) is 1.56. The minimum atomic E-state index is -4.49. The number of aryl methyl sites for hydroxylation is 2. The third-order valence-electron chi connectivity index (χ3n) is 5.64. The summed E-state index contributed by atoms with van der Waals surface area (Å²) in [5, 5.41) is 9.50. The maximum Gasteiger partial charge on any atom is 0.435 e. The fourth-order valence-electron chi connectivity index (χ4n) is 3.45. The largest absolute Gasteiger partial charge is 0.487 e. The van der Waals surface area contributed by atoms with E-state index in [9.17, 15) is 18.0 Å². The maximum atomic E-state index is 12.8. The van der Waals surface area contributed by atoms with E-state index in [-0.39, 0.29) is 32.1 Å². The molecule has 0 spiro atoms. The van der Waals surface area contributed by atoms with Crippen LogP contribution < -0.4 is 20.3 Å². The van der Waals surface area contributed by atoms with Gasteiger partial charge in [-0.05, 0) is 37.6 Å². The zero-order valence-corrected chi connectivity index (χ0v) is 20.6. The number of anilines is 3. The molecule has 4 rings (SSSR count). The molecule has 9 nitrogen and oxygen atoms in total. The molecule has 0 aliphatic carbocycles. The summed E-state index contributed by atoms with van der Waals surface area (Å²) in [5.74, 6) is 1.50. The Bertz CT molecular complexity index is 1210. The summed E-state index contributed by atoms with van der Waals surface area (Å²) in [6, 6.07) is 7.79. The number of carbonyl (C=O) groups is 1. The highest BCUT2D eigenvalue weighted by molar-refractivity contribution is 7.59. The molecule has 2 N–H and O–H groups in total. The van der Waals surface area contributed by atoms with E-state index in [1.54, 1.807) is 24.0 Å². The highest BCUT2D eigenvalue weighted by atomic mass is 32.1. The normalized spacial score (nSPS) is 15.2. The zero-order valence-electron chi connectivity index (χ0n) is 19.6. The van der Waals surface area contributed by atoms with Crippen molar-refractivity contribution in [1.82, 2.24) is 19.7 Å². The van der Waals surface area contributed by atoms with Crippen molar-refractivity contribution in [2.24, 2.45) is 7.05 Å². The molecular formula is C22H26F3N7O2S. The summed E-state index contributed by atoms with van der Waals surface area (Å²) in [4.78, 5) is 22.8. The predicted octanol–water partition coefficient (Wildman–Crippen LogP) is 3.62. The maximum absolute atomic E-state index is 12.8. The van der Waals surface area contributed by atoms with Crippen molar-refractivity contribution in [3.8, 4) is 5.75 Å². The molecule has 1 aliphatic heterocycles. The Balaban J connectivity index is 0.00000342. The molecule has 3 aromatic rings. The molecule has 1 aliphatic rings. The second-order valence-corrected chi connectivity index (χ2v) is 8.04. The Morgan fingerprint density at radius 3 is 2.49 bits per heavy atom. The number of nitrogens with zero attached hydrogens (tertiary/aromatic N) is 5. The fourth-order valence-corrected chi connectivity index (χ4v) is 3.45. The number of likely N-dealkylation sites (N-methyl/N-ethyl adjacent to an activating group) is 1. The van der Waals surface area contributed by atoms with Gasteiger partial charge in [-0.3, -0.25) is 9.48 Å². The van der Waals surface area contributed by atoms with Crippen molar-refractivity contribution in [2.45, 2.75) is 39.2 Å². The quantitative estimate of drug-likeness (QED) is 0.524. The minimum absolute atomic E-state index is 0. The first-order valence-electron chi connectivity index (χ1n) is 10.5. The lowest BCUT2D eigenvalue weighted by Gasteiger charge is -2.32. The van der Waals surface area contributed by atoms with Gasteiger partial charge < -0.3 is 20.3 Å². The Labute approximate surface area is 207 Å². The Hall–Kier alpha value is -3.48. The van der Waals surface area contributed by atoms with Gasteiger partial charge in [0.25, 0.3) is 0 Å². The fraction of sp³-hybridized carbons (Fsp3) is 0.364. The van der Waals surface area contributed by atoms with Crippen LogP contribution in [0.25, 0.3) is 0 Å². The number of alkyl halides is 3. The van der Waals surface area contributed by atoms with E-state index in [0.29, 0.717) is 41.1 Å². The van der Waals surface area contributed by atoms with Crippen molar-refractivity contribution in [2.75, 3.05) is 22.6 Å². The van der Waals surface area contributed by atoms with E-state index >= 15 is 0 Å². The van der Waals surface area contributed by atoms with E-state index in [0.717, 1.165) is 16.3 Å². The Kier molecular flexibility index (Phi) is 7.48. The topological polar surface area (TPSA) is 97.2 Å². The van der Waals surface area contributed by atoms with Gasteiger partial charge in [0.05, 0.1) is 11.4 Å². The number of benzene rings is 1. The van der Waals surface area contributed by atoms with Crippen LogP contribution in [-0.2, 0) is 31.2 Å². The van der Waals surface area contributed by atoms with Crippen LogP contribution in [0.15, 0.2) is 30.3 Å². The van der Waals surface area contributed by atoms with E-state index in [1.807, 2.05) is 26.1 Å². The van der Waals surface area contributed by atoms with Crippen molar-refractivity contribution >= 4 is 36.9 Å². The lowest BCUT2D eigenvalue weighted by atomic mass is 10.2. The molecule has 35 heavy (non-hydrogen) atoms. The van der Waals surface area contributed by atoms with Gasteiger partial charge in [0.15, 0.2) is 11.5 Å². The molecule has 0 saturated heterocycles. The predicted molar refractivity (Wildman–Crippen MR) is 130 cm³/mol. The highest BCUT2D eigenvalue weighted by Crippen LogP contribution is 2.32. The van der Waals surface area contributed by atoms with Gasteiger partial charge in [0, 0.05) is 20.6 Å². The van der Waals surface area contributed by atoms with Crippen LogP contribution in [-0.4, -0.2) is 38.7 Å². The number of ether oxygens (including phenoxy) is 1. The van der Waals surface area contributed by atoms with Crippen LogP contribution in [0.3, 0.4) is 0 Å². The van der Waals surface area contributed by atoms with E-state index in [4.69, 9.17) is 4.74 Å². The van der Waals surface area contributed by atoms with Gasteiger partial charge in [-0.25, -0.2) is 4.98 Å². The lowest BCUT2D eigenvalue weighted by Crippen LogP contribution is -2.44. The van der Waals surface area contributed by atoms with Crippen LogP contribution in [0.2, 0.25) is 0 Å². The molecule has 0 radical (unpaired) electrons. The summed E-state index contributed by atoms with van der Waals surface area (Å²) >= 11 is 0. The molecule has 1 amide bonds. The smallest absolute Gasteiger partial charge is 0.435 e. The van der Waals surface area contributed by atoms with Crippen LogP contribution >= 0.6 is 13.5 Å². The number of fused-ring (bicyclic) bond motifs is 1. The van der Waals surface area contributed by atoms with Gasteiger partial charge in [-0.1, -0.05) is 12.1 Å². The van der Waals surface area contributed by atoms with Gasteiger partial charge in [0.2, 0.25) is 11.9 Å². The van der Waals surface area contributed by atoms with Crippen molar-refractivity contribution < 1.29 is 22.7 Å². The van der Waals surface area contributed by atoms with E-state index < -0.39 is 11.9 Å². The summed E-state index contributed by atoms with van der Waals surface area (Å²) < 4.78 is 45.1. The number of carbonyl (C=O) groups excluding carboxylic acids is 1. The number of nitrogens with one attached hydrogen (secondary N) is 2. The van der Waals surface area contributed by atoms with Crippen LogP contribution in [0, 0.1) is 6.92 Å². The monoisotopic (exact) mass is 509 g/mol. The third-order valence-corrected chi connectivity index (χ3v) is 5.64. The van der Waals surface area contributed by atoms with Gasteiger partial charge in [-0.15, -0.1) is 0 Å². The van der Waals surface area contributed by atoms with Crippen LogP contribution in [0.1, 0.15) is 29.6 Å². The molecule has 0 fully saturated rings. The highest BCUT2D eigenvalue weighted by Gasteiger charge is 2.34. The average Bonchev–Trinajstić information content (AvgIpc) is 3.17. The first-order valence-corrected chi connectivity index (χ1v) is 10.5. The molecule has 13 heteroatoms. The summed E-state index contributed by atoms with van der Waals surface area (Å²) in [7, 11) is 3.26. The van der Waals surface area contributed by atoms with Crippen LogP contribution in [0.5, 0.6) is 5.75 Å². The van der Waals surface area contributed by atoms with Crippen molar-refractivity contribution in [3.63, 3.8) is 0 Å². The lowest BCUT2D eigenvalue weighted by molar-refractivity contribution is -0.141. The zero-order chi connectivity index (χ0) is 24.6. The number of amides is 1. The van der Waals surface area contributed by atoms with Gasteiger partial charge in [0.1, 0.15) is 24.1 Å². The van der Waals surface area contributed by atoms with Gasteiger partial charge >= 0.3 is 6.18 Å². The SMILES string of the molecule is Cc1nc(NCc2ccc(OCc3cc(C(F)(F)F)nn3C)cc2)nc2c1NC(=O)[C@H](C)N2C.S. The first kappa shape index (κ1) is 26.1. The molecule has 1 atom stereocenters. The average molecular weight is 510 g/mol. The Morgan fingerprint density at radius 2 is 1.86 bits per heavy atom. The van der Waals surface area contributed by atoms with Crippen molar-refractivity contribution in [3.05, 3.63) is 53.0 Å². The minimum Gasteiger partial charge on any atom is -0.487 e. The first-order chi connectivity index (χ1) is 16.0. The number of aromatic nitrogens is 4.